The minimum Gasteiger partial charge on any atom is -0.505 e. The minimum atomic E-state index is 0.337. The molecule has 1 aromatic rings. The molecule has 0 amide bonds. The number of para-hydroxylation sites is 1. The van der Waals surface area contributed by atoms with Crippen molar-refractivity contribution in [1.29, 1.82) is 0 Å². The number of hydrogen-bond acceptors (Lipinski definition) is 3. The van der Waals surface area contributed by atoms with Gasteiger partial charge in [-0.25, -0.2) is 0 Å². The first kappa shape index (κ1) is 11.7. The fraction of sp³-hybridized carbons (Fsp3) is 0.500. The van der Waals surface area contributed by atoms with Gasteiger partial charge < -0.3 is 15.3 Å². The number of halogens is 1. The summed E-state index contributed by atoms with van der Waals surface area (Å²) >= 11 is 3.35. The molecule has 0 unspecified atom stereocenters. The van der Waals surface area contributed by atoms with E-state index in [4.69, 9.17) is 0 Å². The zero-order valence-electron chi connectivity index (χ0n) is 9.57. The summed E-state index contributed by atoms with van der Waals surface area (Å²) < 4.78 is 0.754. The molecule has 0 radical (unpaired) electrons. The highest BCUT2D eigenvalue weighted by Crippen LogP contribution is 2.35. The topological polar surface area (TPSA) is 35.5 Å². The van der Waals surface area contributed by atoms with Gasteiger partial charge in [0.1, 0.15) is 0 Å². The third-order valence-corrected chi connectivity index (χ3v) is 3.50. The first-order valence-electron chi connectivity index (χ1n) is 5.56. The molecule has 0 saturated carbocycles. The van der Waals surface area contributed by atoms with Crippen molar-refractivity contribution < 1.29 is 5.11 Å². The highest BCUT2D eigenvalue weighted by atomic mass is 79.9. The third kappa shape index (κ3) is 2.33. The van der Waals surface area contributed by atoms with Gasteiger partial charge in [-0.05, 0) is 41.9 Å². The van der Waals surface area contributed by atoms with Crippen molar-refractivity contribution in [3.05, 3.63) is 22.7 Å². The Morgan fingerprint density at radius 3 is 2.56 bits per heavy atom. The number of anilines is 1. The first-order valence-corrected chi connectivity index (χ1v) is 6.35. The van der Waals surface area contributed by atoms with Crippen molar-refractivity contribution in [2.24, 2.45) is 0 Å². The van der Waals surface area contributed by atoms with E-state index in [9.17, 15) is 5.11 Å². The lowest BCUT2D eigenvalue weighted by Crippen LogP contribution is -2.54. The molecule has 2 rings (SSSR count). The Kier molecular flexibility index (Phi) is 3.40. The standard InChI is InChI=1S/C12H17BrN2O/c1-8-6-15(7-9(2)14-8)11-5-3-4-10(13)12(11)16/h3-5,8-9,14,16H,6-7H2,1-2H3/t8-,9+. The Labute approximate surface area is 105 Å². The van der Waals surface area contributed by atoms with Gasteiger partial charge in [-0.1, -0.05) is 6.07 Å². The predicted molar refractivity (Wildman–Crippen MR) is 70.1 cm³/mol. The number of phenols is 1. The van der Waals surface area contributed by atoms with Crippen LogP contribution in [0.15, 0.2) is 22.7 Å². The Bertz CT molecular complexity index is 373. The van der Waals surface area contributed by atoms with Gasteiger partial charge >= 0.3 is 0 Å². The van der Waals surface area contributed by atoms with Gasteiger partial charge in [0.25, 0.3) is 0 Å². The van der Waals surface area contributed by atoms with Crippen molar-refractivity contribution in [3.63, 3.8) is 0 Å². The molecule has 1 saturated heterocycles. The van der Waals surface area contributed by atoms with E-state index in [1.807, 2.05) is 18.2 Å². The van der Waals surface area contributed by atoms with E-state index in [0.717, 1.165) is 23.2 Å². The molecule has 0 spiro atoms. The van der Waals surface area contributed by atoms with Crippen LogP contribution in [0.1, 0.15) is 13.8 Å². The molecule has 16 heavy (non-hydrogen) atoms. The van der Waals surface area contributed by atoms with E-state index in [1.54, 1.807) is 0 Å². The predicted octanol–water partition coefficient (Wildman–Crippen LogP) is 2.34. The van der Waals surface area contributed by atoms with Gasteiger partial charge in [-0.15, -0.1) is 0 Å². The van der Waals surface area contributed by atoms with Gasteiger partial charge in [0.15, 0.2) is 5.75 Å². The van der Waals surface area contributed by atoms with Crippen molar-refractivity contribution in [2.75, 3.05) is 18.0 Å². The second-order valence-corrected chi connectivity index (χ2v) is 5.34. The number of rotatable bonds is 1. The molecule has 1 aromatic carbocycles. The maximum atomic E-state index is 10.0. The summed E-state index contributed by atoms with van der Waals surface area (Å²) in [4.78, 5) is 2.23. The molecule has 1 aliphatic rings. The number of nitrogens with one attached hydrogen (secondary N) is 1. The molecule has 88 valence electrons. The normalized spacial score (nSPS) is 25.8. The first-order chi connectivity index (χ1) is 7.58. The molecule has 0 aliphatic carbocycles. The molecule has 0 aromatic heterocycles. The molecule has 4 heteroatoms. The van der Waals surface area contributed by atoms with Crippen molar-refractivity contribution in [1.82, 2.24) is 5.32 Å². The van der Waals surface area contributed by atoms with Crippen LogP contribution in [-0.4, -0.2) is 30.3 Å². The van der Waals surface area contributed by atoms with E-state index in [1.165, 1.54) is 0 Å². The lowest BCUT2D eigenvalue weighted by Gasteiger charge is -2.38. The quantitative estimate of drug-likeness (QED) is 0.831. The summed E-state index contributed by atoms with van der Waals surface area (Å²) in [6.45, 7) is 6.18. The smallest absolute Gasteiger partial charge is 0.153 e. The number of nitrogens with zero attached hydrogens (tertiary/aromatic N) is 1. The average Bonchev–Trinajstić information content (AvgIpc) is 2.20. The summed E-state index contributed by atoms with van der Waals surface area (Å²) in [6.07, 6.45) is 0. The van der Waals surface area contributed by atoms with Crippen LogP contribution in [0.25, 0.3) is 0 Å². The van der Waals surface area contributed by atoms with Crippen LogP contribution in [0.2, 0.25) is 0 Å². The highest BCUT2D eigenvalue weighted by molar-refractivity contribution is 9.10. The average molecular weight is 285 g/mol. The molecule has 2 N–H and O–H groups in total. The lowest BCUT2D eigenvalue weighted by atomic mass is 10.1. The molecule has 1 heterocycles. The molecule has 3 nitrogen and oxygen atoms in total. The zero-order valence-corrected chi connectivity index (χ0v) is 11.2. The summed E-state index contributed by atoms with van der Waals surface area (Å²) in [6, 6.07) is 6.67. The van der Waals surface area contributed by atoms with E-state index >= 15 is 0 Å². The molecule has 1 fully saturated rings. The molecule has 2 atom stereocenters. The van der Waals surface area contributed by atoms with Gasteiger partial charge in [0.05, 0.1) is 10.2 Å². The largest absolute Gasteiger partial charge is 0.505 e. The number of phenolic OH excluding ortho intramolecular Hbond substituents is 1. The Morgan fingerprint density at radius 1 is 1.31 bits per heavy atom. The van der Waals surface area contributed by atoms with E-state index in [2.05, 4.69) is 40.0 Å². The van der Waals surface area contributed by atoms with E-state index in [0.29, 0.717) is 17.8 Å². The van der Waals surface area contributed by atoms with Crippen molar-refractivity contribution >= 4 is 21.6 Å². The van der Waals surface area contributed by atoms with E-state index in [-0.39, 0.29) is 0 Å². The van der Waals surface area contributed by atoms with Crippen LogP contribution in [0, 0.1) is 0 Å². The summed E-state index contributed by atoms with van der Waals surface area (Å²) in [5.74, 6) is 0.337. The maximum absolute atomic E-state index is 10.0. The zero-order chi connectivity index (χ0) is 11.7. The molecular weight excluding hydrogens is 268 g/mol. The number of piperazine rings is 1. The number of benzene rings is 1. The Hall–Kier alpha value is -0.740. The van der Waals surface area contributed by atoms with Crippen LogP contribution >= 0.6 is 15.9 Å². The summed E-state index contributed by atoms with van der Waals surface area (Å²) in [5.41, 5.74) is 0.912. The highest BCUT2D eigenvalue weighted by Gasteiger charge is 2.23. The maximum Gasteiger partial charge on any atom is 0.153 e. The minimum absolute atomic E-state index is 0.337. The Balaban J connectivity index is 2.26. The van der Waals surface area contributed by atoms with Crippen LogP contribution < -0.4 is 10.2 Å². The fourth-order valence-corrected chi connectivity index (χ4v) is 2.64. The number of hydrogen-bond donors (Lipinski definition) is 2. The van der Waals surface area contributed by atoms with Crippen molar-refractivity contribution in [3.8, 4) is 5.75 Å². The fourth-order valence-electron chi connectivity index (χ4n) is 2.28. The summed E-state index contributed by atoms with van der Waals surface area (Å²) in [5, 5.41) is 13.5. The number of aromatic hydroxyl groups is 1. The molecule has 1 aliphatic heterocycles. The second kappa shape index (κ2) is 4.63. The molecule has 0 bridgehead atoms. The molecular formula is C12H17BrN2O. The van der Waals surface area contributed by atoms with Crippen LogP contribution in [0.5, 0.6) is 5.75 Å². The lowest BCUT2D eigenvalue weighted by molar-refractivity contribution is 0.401. The van der Waals surface area contributed by atoms with E-state index < -0.39 is 0 Å². The second-order valence-electron chi connectivity index (χ2n) is 4.48. The van der Waals surface area contributed by atoms with Gasteiger partial charge in [0, 0.05) is 25.2 Å². The summed E-state index contributed by atoms with van der Waals surface area (Å²) in [7, 11) is 0. The third-order valence-electron chi connectivity index (χ3n) is 2.86. The van der Waals surface area contributed by atoms with Gasteiger partial charge in [-0.3, -0.25) is 0 Å². The van der Waals surface area contributed by atoms with Crippen molar-refractivity contribution in [2.45, 2.75) is 25.9 Å². The monoisotopic (exact) mass is 284 g/mol. The van der Waals surface area contributed by atoms with Crippen LogP contribution in [0.4, 0.5) is 5.69 Å². The SMILES string of the molecule is C[C@@H]1CN(c2cccc(Br)c2O)C[C@H](C)N1. The Morgan fingerprint density at radius 2 is 1.94 bits per heavy atom. The van der Waals surface area contributed by atoms with Gasteiger partial charge in [-0.2, -0.15) is 0 Å². The van der Waals surface area contributed by atoms with Gasteiger partial charge in [0.2, 0.25) is 0 Å². The van der Waals surface area contributed by atoms with Crippen LogP contribution in [0.3, 0.4) is 0 Å². The van der Waals surface area contributed by atoms with Crippen LogP contribution in [-0.2, 0) is 0 Å².